The van der Waals surface area contributed by atoms with Crippen LogP contribution in [0.2, 0.25) is 0 Å². The second kappa shape index (κ2) is 3.96. The van der Waals surface area contributed by atoms with Crippen LogP contribution in [0.1, 0.15) is 0 Å². The van der Waals surface area contributed by atoms with Crippen molar-refractivity contribution >= 4 is 17.2 Å². The highest BCUT2D eigenvalue weighted by atomic mass is 19.1. The molecule has 3 N–H and O–H groups in total. The first-order chi connectivity index (χ1) is 7.24. The van der Waals surface area contributed by atoms with E-state index in [2.05, 4.69) is 10.3 Å². The number of anilines is 3. The lowest BCUT2D eigenvalue weighted by molar-refractivity contribution is 0.622. The average Bonchev–Trinajstić information content (AvgIpc) is 2.25. The number of hydrogen-bond acceptors (Lipinski definition) is 3. The molecule has 4 heteroatoms. The molecule has 0 aliphatic carbocycles. The van der Waals surface area contributed by atoms with Crippen molar-refractivity contribution in [1.29, 1.82) is 0 Å². The molecular formula is C11H10FN3. The van der Waals surface area contributed by atoms with Gasteiger partial charge in [-0.1, -0.05) is 0 Å². The van der Waals surface area contributed by atoms with E-state index in [1.807, 2.05) is 12.1 Å². The van der Waals surface area contributed by atoms with Gasteiger partial charge in [0.05, 0.1) is 6.20 Å². The standard InChI is InChI=1S/C11H10FN3/c12-8-1-6-11(14-7-8)15-10-4-2-9(13)3-5-10/h1-7H,13H2,(H,14,15). The zero-order chi connectivity index (χ0) is 10.7. The lowest BCUT2D eigenvalue weighted by Gasteiger charge is -2.04. The van der Waals surface area contributed by atoms with Crippen LogP contribution in [0, 0.1) is 5.82 Å². The molecule has 1 aromatic carbocycles. The second-order valence-corrected chi connectivity index (χ2v) is 3.11. The van der Waals surface area contributed by atoms with Gasteiger partial charge in [0.1, 0.15) is 11.6 Å². The normalized spacial score (nSPS) is 9.93. The molecule has 0 unspecified atom stereocenters. The molecule has 0 saturated carbocycles. The summed E-state index contributed by atoms with van der Waals surface area (Å²) in [7, 11) is 0. The number of nitrogens with two attached hydrogens (primary N) is 1. The number of aromatic nitrogens is 1. The number of pyridine rings is 1. The third-order valence-corrected chi connectivity index (χ3v) is 1.91. The maximum atomic E-state index is 12.6. The van der Waals surface area contributed by atoms with Crippen molar-refractivity contribution in [3.05, 3.63) is 48.4 Å². The highest BCUT2D eigenvalue weighted by Gasteiger charge is 1.96. The van der Waals surface area contributed by atoms with Crippen LogP contribution in [0.3, 0.4) is 0 Å². The van der Waals surface area contributed by atoms with Gasteiger partial charge in [-0.2, -0.15) is 0 Å². The van der Waals surface area contributed by atoms with Crippen LogP contribution >= 0.6 is 0 Å². The van der Waals surface area contributed by atoms with Gasteiger partial charge < -0.3 is 11.1 Å². The summed E-state index contributed by atoms with van der Waals surface area (Å²) in [5, 5.41) is 3.02. The fourth-order valence-corrected chi connectivity index (χ4v) is 1.16. The lowest BCUT2D eigenvalue weighted by Crippen LogP contribution is -1.93. The zero-order valence-corrected chi connectivity index (χ0v) is 7.94. The van der Waals surface area contributed by atoms with Crippen molar-refractivity contribution in [2.75, 3.05) is 11.1 Å². The Morgan fingerprint density at radius 1 is 1.07 bits per heavy atom. The van der Waals surface area contributed by atoms with Crippen molar-refractivity contribution in [2.24, 2.45) is 0 Å². The Morgan fingerprint density at radius 2 is 1.80 bits per heavy atom. The minimum atomic E-state index is -0.349. The summed E-state index contributed by atoms with van der Waals surface area (Å²) in [4.78, 5) is 3.88. The van der Waals surface area contributed by atoms with Gasteiger partial charge in [-0.3, -0.25) is 0 Å². The highest BCUT2D eigenvalue weighted by Crippen LogP contribution is 2.15. The Hall–Kier alpha value is -2.10. The van der Waals surface area contributed by atoms with Gasteiger partial charge in [0.15, 0.2) is 0 Å². The molecule has 3 nitrogen and oxygen atoms in total. The summed E-state index contributed by atoms with van der Waals surface area (Å²) in [6.45, 7) is 0. The average molecular weight is 203 g/mol. The molecule has 0 radical (unpaired) electrons. The number of halogens is 1. The molecule has 0 bridgehead atoms. The third kappa shape index (κ3) is 2.43. The SMILES string of the molecule is Nc1ccc(Nc2ccc(F)cn2)cc1. The minimum Gasteiger partial charge on any atom is -0.399 e. The molecule has 0 saturated heterocycles. The third-order valence-electron chi connectivity index (χ3n) is 1.91. The summed E-state index contributed by atoms with van der Waals surface area (Å²) in [5.74, 6) is 0.249. The van der Waals surface area contributed by atoms with E-state index in [9.17, 15) is 4.39 Å². The summed E-state index contributed by atoms with van der Waals surface area (Å²) >= 11 is 0. The second-order valence-electron chi connectivity index (χ2n) is 3.11. The topological polar surface area (TPSA) is 50.9 Å². The van der Waals surface area contributed by atoms with Crippen LogP contribution in [0.25, 0.3) is 0 Å². The molecule has 0 atom stereocenters. The van der Waals surface area contributed by atoms with E-state index in [-0.39, 0.29) is 5.82 Å². The smallest absolute Gasteiger partial charge is 0.141 e. The van der Waals surface area contributed by atoms with E-state index >= 15 is 0 Å². The number of benzene rings is 1. The first kappa shape index (κ1) is 9.45. The Kier molecular flexibility index (Phi) is 2.49. The quantitative estimate of drug-likeness (QED) is 0.737. The molecule has 76 valence electrons. The predicted molar refractivity (Wildman–Crippen MR) is 58.3 cm³/mol. The number of rotatable bonds is 2. The number of nitrogens with zero attached hydrogens (tertiary/aromatic N) is 1. The highest BCUT2D eigenvalue weighted by molar-refractivity contribution is 5.58. The molecule has 0 amide bonds. The molecular weight excluding hydrogens is 193 g/mol. The number of nitrogens with one attached hydrogen (secondary N) is 1. The molecule has 0 spiro atoms. The Bertz CT molecular complexity index is 393. The van der Waals surface area contributed by atoms with E-state index in [0.29, 0.717) is 11.5 Å². The zero-order valence-electron chi connectivity index (χ0n) is 7.94. The number of nitrogen functional groups attached to an aromatic ring is 1. The Labute approximate surface area is 86.8 Å². The Morgan fingerprint density at radius 3 is 2.40 bits per heavy atom. The van der Waals surface area contributed by atoms with E-state index in [1.165, 1.54) is 12.3 Å². The van der Waals surface area contributed by atoms with Crippen LogP contribution < -0.4 is 11.1 Å². The first-order valence-corrected chi connectivity index (χ1v) is 4.48. The van der Waals surface area contributed by atoms with Crippen LogP contribution in [-0.4, -0.2) is 4.98 Å². The molecule has 2 rings (SSSR count). The van der Waals surface area contributed by atoms with Crippen LogP contribution in [0.5, 0.6) is 0 Å². The van der Waals surface area contributed by atoms with Gasteiger partial charge in [-0.25, -0.2) is 9.37 Å². The van der Waals surface area contributed by atoms with Crippen molar-refractivity contribution in [2.45, 2.75) is 0 Å². The molecule has 1 aromatic heterocycles. The summed E-state index contributed by atoms with van der Waals surface area (Å²) in [6.07, 6.45) is 1.17. The summed E-state index contributed by atoms with van der Waals surface area (Å²) in [5.41, 5.74) is 7.11. The maximum absolute atomic E-state index is 12.6. The largest absolute Gasteiger partial charge is 0.399 e. The van der Waals surface area contributed by atoms with Crippen molar-refractivity contribution < 1.29 is 4.39 Å². The van der Waals surface area contributed by atoms with Crippen molar-refractivity contribution in [1.82, 2.24) is 4.98 Å². The summed E-state index contributed by atoms with van der Waals surface area (Å²) < 4.78 is 12.6. The van der Waals surface area contributed by atoms with Crippen LogP contribution in [0.15, 0.2) is 42.6 Å². The minimum absolute atomic E-state index is 0.349. The number of hydrogen-bond donors (Lipinski definition) is 2. The van der Waals surface area contributed by atoms with E-state index in [0.717, 1.165) is 5.69 Å². The van der Waals surface area contributed by atoms with Gasteiger partial charge in [0, 0.05) is 11.4 Å². The van der Waals surface area contributed by atoms with Gasteiger partial charge in [-0.05, 0) is 36.4 Å². The molecule has 1 heterocycles. The molecule has 0 aliphatic rings. The van der Waals surface area contributed by atoms with E-state index in [4.69, 9.17) is 5.73 Å². The Balaban J connectivity index is 2.15. The van der Waals surface area contributed by atoms with Gasteiger partial charge >= 0.3 is 0 Å². The monoisotopic (exact) mass is 203 g/mol. The molecule has 15 heavy (non-hydrogen) atoms. The maximum Gasteiger partial charge on any atom is 0.141 e. The molecule has 0 aliphatic heterocycles. The van der Waals surface area contributed by atoms with Gasteiger partial charge in [-0.15, -0.1) is 0 Å². The first-order valence-electron chi connectivity index (χ1n) is 4.48. The fourth-order valence-electron chi connectivity index (χ4n) is 1.16. The van der Waals surface area contributed by atoms with Gasteiger partial charge in [0.2, 0.25) is 0 Å². The van der Waals surface area contributed by atoms with E-state index in [1.54, 1.807) is 18.2 Å². The van der Waals surface area contributed by atoms with Crippen molar-refractivity contribution in [3.8, 4) is 0 Å². The predicted octanol–water partition coefficient (Wildman–Crippen LogP) is 2.55. The van der Waals surface area contributed by atoms with Crippen LogP contribution in [0.4, 0.5) is 21.6 Å². The lowest BCUT2D eigenvalue weighted by atomic mass is 10.3. The molecule has 2 aromatic rings. The van der Waals surface area contributed by atoms with Gasteiger partial charge in [0.25, 0.3) is 0 Å². The van der Waals surface area contributed by atoms with Crippen LogP contribution in [-0.2, 0) is 0 Å². The summed E-state index contributed by atoms with van der Waals surface area (Å²) in [6, 6.07) is 10.2. The van der Waals surface area contributed by atoms with Crippen molar-refractivity contribution in [3.63, 3.8) is 0 Å². The van der Waals surface area contributed by atoms with E-state index < -0.39 is 0 Å². The fraction of sp³-hybridized carbons (Fsp3) is 0. The molecule has 0 fully saturated rings.